The van der Waals surface area contributed by atoms with Gasteiger partial charge in [-0.1, -0.05) is 70.5 Å². The summed E-state index contributed by atoms with van der Waals surface area (Å²) < 4.78 is 0.912. The van der Waals surface area contributed by atoms with Crippen LogP contribution in [-0.4, -0.2) is 28.4 Å². The maximum atomic E-state index is 14.1. The first-order valence-corrected chi connectivity index (χ1v) is 13.6. The van der Waals surface area contributed by atoms with E-state index >= 15 is 0 Å². The smallest absolute Gasteiger partial charge is 0.311 e. The van der Waals surface area contributed by atoms with Gasteiger partial charge in [0.05, 0.1) is 5.41 Å². The van der Waals surface area contributed by atoms with Crippen LogP contribution in [0.15, 0.2) is 83.5 Å². The molecule has 2 bridgehead atoms. The van der Waals surface area contributed by atoms with Crippen molar-refractivity contribution in [3.8, 4) is 0 Å². The lowest BCUT2D eigenvalue weighted by atomic mass is 9.38. The zero-order valence-corrected chi connectivity index (χ0v) is 22.0. The molecule has 37 heavy (non-hydrogen) atoms. The van der Waals surface area contributed by atoms with E-state index < -0.39 is 28.3 Å². The zero-order valence-electron chi connectivity index (χ0n) is 20.4. The van der Waals surface area contributed by atoms with Crippen LogP contribution in [-0.2, 0) is 20.5 Å². The fourth-order valence-electron chi connectivity index (χ4n) is 8.45. The van der Waals surface area contributed by atoms with Gasteiger partial charge in [-0.3, -0.25) is 14.9 Å². The van der Waals surface area contributed by atoms with E-state index in [0.717, 1.165) is 50.5 Å². The van der Waals surface area contributed by atoms with Crippen LogP contribution < -0.4 is 5.32 Å². The molecule has 3 aromatic carbocycles. The molecule has 5 nitrogen and oxygen atoms in total. The predicted molar refractivity (Wildman–Crippen MR) is 146 cm³/mol. The van der Waals surface area contributed by atoms with Gasteiger partial charge < -0.3 is 10.1 Å². The molecule has 1 saturated carbocycles. The number of hydrogen-bond acceptors (Lipinski definition) is 3. The highest BCUT2D eigenvalue weighted by atomic mass is 79.9. The van der Waals surface area contributed by atoms with Crippen LogP contribution >= 0.6 is 15.9 Å². The highest BCUT2D eigenvalue weighted by Gasteiger charge is 2.77. The van der Waals surface area contributed by atoms with Crippen molar-refractivity contribution >= 4 is 38.6 Å². The summed E-state index contributed by atoms with van der Waals surface area (Å²) >= 11 is 3.61. The van der Waals surface area contributed by atoms with Gasteiger partial charge in [0.1, 0.15) is 5.54 Å². The number of aromatic amines is 1. The van der Waals surface area contributed by atoms with Gasteiger partial charge in [0.2, 0.25) is 0 Å². The van der Waals surface area contributed by atoms with E-state index in [1.165, 1.54) is 0 Å². The summed E-state index contributed by atoms with van der Waals surface area (Å²) in [5, 5.41) is 15.6. The number of hydrogen-bond donors (Lipinski definition) is 3. The van der Waals surface area contributed by atoms with Crippen molar-refractivity contribution in [2.45, 2.75) is 36.6 Å². The highest BCUT2D eigenvalue weighted by Crippen LogP contribution is 2.72. The Hall–Kier alpha value is -3.22. The second kappa shape index (κ2) is 7.65. The molecule has 0 radical (unpaired) electrons. The second-order valence-electron chi connectivity index (χ2n) is 10.9. The van der Waals surface area contributed by atoms with Crippen LogP contribution in [0.3, 0.4) is 0 Å². The quantitative estimate of drug-likeness (QED) is 0.294. The fraction of sp³-hybridized carbons (Fsp3) is 0.290. The summed E-state index contributed by atoms with van der Waals surface area (Å²) in [5.41, 5.74) is 2.13. The minimum Gasteiger partial charge on any atom is -0.481 e. The van der Waals surface area contributed by atoms with Gasteiger partial charge in [0.15, 0.2) is 5.78 Å². The van der Waals surface area contributed by atoms with Gasteiger partial charge in [-0.25, -0.2) is 0 Å². The SMILES string of the molecule is CC(=O)C1(c2c[nH]c3ccc(Br)cc23)NCC2(C(=O)O)C3CCC(c4ccccc4)(c4ccccc43)C12. The summed E-state index contributed by atoms with van der Waals surface area (Å²) in [4.78, 5) is 31.0. The van der Waals surface area contributed by atoms with Gasteiger partial charge in [-0.2, -0.15) is 0 Å². The predicted octanol–water partition coefficient (Wildman–Crippen LogP) is 5.88. The Morgan fingerprint density at radius 2 is 1.76 bits per heavy atom. The first-order chi connectivity index (χ1) is 17.9. The van der Waals surface area contributed by atoms with Crippen molar-refractivity contribution in [2.24, 2.45) is 11.3 Å². The van der Waals surface area contributed by atoms with E-state index in [1.807, 2.05) is 54.7 Å². The molecule has 1 aliphatic heterocycles. The van der Waals surface area contributed by atoms with Crippen molar-refractivity contribution in [1.29, 1.82) is 0 Å². The average Bonchev–Trinajstić information content (AvgIpc) is 3.51. The van der Waals surface area contributed by atoms with E-state index in [0.29, 0.717) is 0 Å². The number of benzene rings is 3. The standard InChI is InChI=1S/C31H27BrN2O3/c1-18(35)31(25-16-33-26-12-11-20(32)15-22(25)26)27-29(19-7-3-2-4-8-19)14-13-24(21-9-5-6-10-23(21)29)30(27,17-34-31)28(36)37/h2-12,15-16,24,27,33-34H,13-14,17H2,1H3,(H,36,37). The molecule has 6 heteroatoms. The third kappa shape index (κ3) is 2.62. The molecular weight excluding hydrogens is 528 g/mol. The molecule has 1 saturated heterocycles. The van der Waals surface area contributed by atoms with Crippen LogP contribution in [0.4, 0.5) is 0 Å². The molecule has 5 atom stereocenters. The number of halogens is 1. The molecule has 3 N–H and O–H groups in total. The Bertz CT molecular complexity index is 1600. The van der Waals surface area contributed by atoms with E-state index in [1.54, 1.807) is 6.92 Å². The van der Waals surface area contributed by atoms with Crippen molar-refractivity contribution < 1.29 is 14.7 Å². The molecule has 2 fully saturated rings. The molecule has 4 aromatic rings. The number of rotatable bonds is 4. The minimum absolute atomic E-state index is 0.0539. The summed E-state index contributed by atoms with van der Waals surface area (Å²) in [6.07, 6.45) is 3.47. The molecule has 0 amide bonds. The van der Waals surface area contributed by atoms with E-state index in [4.69, 9.17) is 0 Å². The molecule has 0 spiro atoms. The highest BCUT2D eigenvalue weighted by molar-refractivity contribution is 9.10. The van der Waals surface area contributed by atoms with Crippen LogP contribution in [0.25, 0.3) is 10.9 Å². The Labute approximate surface area is 223 Å². The molecular formula is C31H27BrN2O3. The van der Waals surface area contributed by atoms with Crippen molar-refractivity contribution in [1.82, 2.24) is 10.3 Å². The second-order valence-corrected chi connectivity index (χ2v) is 11.8. The molecule has 4 aliphatic rings. The normalized spacial score (nSPS) is 31.7. The van der Waals surface area contributed by atoms with E-state index in [-0.39, 0.29) is 18.2 Å². The topological polar surface area (TPSA) is 82.2 Å². The van der Waals surface area contributed by atoms with Crippen molar-refractivity contribution in [3.63, 3.8) is 0 Å². The average molecular weight is 555 g/mol. The Balaban J connectivity index is 1.64. The van der Waals surface area contributed by atoms with Gasteiger partial charge in [-0.05, 0) is 54.7 Å². The number of aliphatic carboxylic acids is 1. The fourth-order valence-corrected chi connectivity index (χ4v) is 8.81. The van der Waals surface area contributed by atoms with Gasteiger partial charge in [0.25, 0.3) is 0 Å². The number of nitrogens with one attached hydrogen (secondary N) is 2. The number of Topliss-reactive ketones (excluding diaryl/α,β-unsaturated/α-hetero) is 1. The number of carbonyl (C=O) groups is 2. The van der Waals surface area contributed by atoms with E-state index in [2.05, 4.69) is 50.5 Å². The number of H-pyrrole nitrogens is 1. The van der Waals surface area contributed by atoms with Gasteiger partial charge >= 0.3 is 5.97 Å². The minimum atomic E-state index is -1.18. The number of fused-ring (bicyclic) bond motifs is 2. The summed E-state index contributed by atoms with van der Waals surface area (Å²) in [5.74, 6) is -1.57. The summed E-state index contributed by atoms with van der Waals surface area (Å²) in [6.45, 7) is 1.86. The third-order valence-electron chi connectivity index (χ3n) is 9.68. The number of ketones is 1. The molecule has 2 heterocycles. The number of carbonyl (C=O) groups excluding carboxylic acids is 1. The maximum Gasteiger partial charge on any atom is 0.311 e. The monoisotopic (exact) mass is 554 g/mol. The van der Waals surface area contributed by atoms with E-state index in [9.17, 15) is 14.7 Å². The largest absolute Gasteiger partial charge is 0.481 e. The Morgan fingerprint density at radius 3 is 2.51 bits per heavy atom. The third-order valence-corrected chi connectivity index (χ3v) is 10.2. The number of aromatic nitrogens is 1. The molecule has 3 aliphatic carbocycles. The van der Waals surface area contributed by atoms with Gasteiger partial charge in [0, 0.05) is 50.9 Å². The van der Waals surface area contributed by atoms with Crippen LogP contribution in [0.2, 0.25) is 0 Å². The van der Waals surface area contributed by atoms with Crippen molar-refractivity contribution in [2.75, 3.05) is 6.54 Å². The van der Waals surface area contributed by atoms with Gasteiger partial charge in [-0.15, -0.1) is 0 Å². The molecule has 186 valence electrons. The summed E-state index contributed by atoms with van der Waals surface area (Å²) in [7, 11) is 0. The molecule has 5 unspecified atom stereocenters. The lowest BCUT2D eigenvalue weighted by molar-refractivity contribution is -0.160. The summed E-state index contributed by atoms with van der Waals surface area (Å²) in [6, 6.07) is 24.6. The molecule has 8 rings (SSSR count). The number of carboxylic acids is 1. The molecule has 1 aromatic heterocycles. The van der Waals surface area contributed by atoms with Crippen LogP contribution in [0.5, 0.6) is 0 Å². The maximum absolute atomic E-state index is 14.1. The Kier molecular flexibility index (Phi) is 4.74. The van der Waals surface area contributed by atoms with Crippen LogP contribution in [0.1, 0.15) is 47.9 Å². The number of carboxylic acid groups (broad SMARTS) is 1. The van der Waals surface area contributed by atoms with Crippen LogP contribution in [0, 0.1) is 11.3 Å². The zero-order chi connectivity index (χ0) is 25.6. The Morgan fingerprint density at radius 1 is 1.00 bits per heavy atom. The first-order valence-electron chi connectivity index (χ1n) is 12.8. The lowest BCUT2D eigenvalue weighted by Gasteiger charge is -2.62. The lowest BCUT2D eigenvalue weighted by Crippen LogP contribution is -2.65. The first kappa shape index (κ1) is 22.9. The van der Waals surface area contributed by atoms with Crippen molar-refractivity contribution in [3.05, 3.63) is 106 Å².